The number of hydrogen-bond acceptors (Lipinski definition) is 4. The fourth-order valence-corrected chi connectivity index (χ4v) is 1.43. The predicted octanol–water partition coefficient (Wildman–Crippen LogP) is 2.51. The minimum atomic E-state index is -0.484. The van der Waals surface area contributed by atoms with E-state index in [9.17, 15) is 4.79 Å². The summed E-state index contributed by atoms with van der Waals surface area (Å²) >= 11 is 5.89. The molecule has 0 heterocycles. The Bertz CT molecular complexity index is 382. The van der Waals surface area contributed by atoms with Gasteiger partial charge in [0.1, 0.15) is 6.61 Å². The van der Waals surface area contributed by atoms with Gasteiger partial charge in [-0.3, -0.25) is 0 Å². The third-order valence-corrected chi connectivity index (χ3v) is 2.48. The normalized spacial score (nSPS) is 10.2. The lowest BCUT2D eigenvalue weighted by atomic mass is 10.2. The summed E-state index contributed by atoms with van der Waals surface area (Å²) in [5.41, 5.74) is 6.23. The predicted molar refractivity (Wildman–Crippen MR) is 67.3 cm³/mol. The van der Waals surface area contributed by atoms with E-state index >= 15 is 0 Å². The summed E-state index contributed by atoms with van der Waals surface area (Å²) in [4.78, 5) is 11.6. The van der Waals surface area contributed by atoms with Gasteiger partial charge in [-0.25, -0.2) is 4.79 Å². The molecule has 0 radical (unpaired) electrons. The average molecular weight is 258 g/mol. The SMILES string of the molecule is CCCOCCOC(=O)c1cccc(N)c1Cl. The minimum absolute atomic E-state index is 0.212. The highest BCUT2D eigenvalue weighted by Crippen LogP contribution is 2.23. The number of benzene rings is 1. The molecule has 0 amide bonds. The van der Waals surface area contributed by atoms with Gasteiger partial charge in [-0.15, -0.1) is 0 Å². The van der Waals surface area contributed by atoms with Gasteiger partial charge in [0.25, 0.3) is 0 Å². The van der Waals surface area contributed by atoms with Crippen molar-refractivity contribution in [3.63, 3.8) is 0 Å². The zero-order valence-electron chi connectivity index (χ0n) is 9.74. The summed E-state index contributed by atoms with van der Waals surface area (Å²) in [6.07, 6.45) is 0.939. The molecule has 0 saturated carbocycles. The largest absolute Gasteiger partial charge is 0.460 e. The molecule has 4 nitrogen and oxygen atoms in total. The second kappa shape index (κ2) is 7.14. The lowest BCUT2D eigenvalue weighted by Crippen LogP contribution is -2.12. The Labute approximate surface area is 106 Å². The molecule has 1 aromatic rings. The third-order valence-electron chi connectivity index (χ3n) is 2.06. The summed E-state index contributed by atoms with van der Waals surface area (Å²) in [5.74, 6) is -0.484. The zero-order valence-corrected chi connectivity index (χ0v) is 10.5. The van der Waals surface area contributed by atoms with E-state index in [1.807, 2.05) is 6.92 Å². The number of halogens is 1. The highest BCUT2D eigenvalue weighted by Gasteiger charge is 2.13. The molecule has 0 saturated heterocycles. The second-order valence-electron chi connectivity index (χ2n) is 3.46. The van der Waals surface area contributed by atoms with Gasteiger partial charge in [0.05, 0.1) is 22.9 Å². The minimum Gasteiger partial charge on any atom is -0.460 e. The van der Waals surface area contributed by atoms with Crippen LogP contribution in [0, 0.1) is 0 Å². The molecule has 0 spiro atoms. The van der Waals surface area contributed by atoms with Gasteiger partial charge in [0, 0.05) is 6.61 Å². The number of rotatable bonds is 6. The maximum atomic E-state index is 11.6. The Morgan fingerprint density at radius 2 is 2.12 bits per heavy atom. The Morgan fingerprint density at radius 3 is 2.82 bits per heavy atom. The van der Waals surface area contributed by atoms with Gasteiger partial charge in [-0.05, 0) is 18.6 Å². The van der Waals surface area contributed by atoms with Crippen LogP contribution < -0.4 is 5.73 Å². The first kappa shape index (κ1) is 13.8. The first-order chi connectivity index (χ1) is 8.16. The van der Waals surface area contributed by atoms with E-state index in [4.69, 9.17) is 26.8 Å². The van der Waals surface area contributed by atoms with E-state index < -0.39 is 5.97 Å². The molecule has 5 heteroatoms. The second-order valence-corrected chi connectivity index (χ2v) is 3.84. The van der Waals surface area contributed by atoms with Crippen LogP contribution in [0.4, 0.5) is 5.69 Å². The highest BCUT2D eigenvalue weighted by molar-refractivity contribution is 6.36. The molecule has 0 unspecified atom stereocenters. The van der Waals surface area contributed by atoms with Crippen molar-refractivity contribution in [3.8, 4) is 0 Å². The number of nitrogens with two attached hydrogens (primary N) is 1. The maximum absolute atomic E-state index is 11.6. The fourth-order valence-electron chi connectivity index (χ4n) is 1.22. The molecule has 0 aliphatic carbocycles. The third kappa shape index (κ3) is 4.24. The number of nitrogen functional groups attached to an aromatic ring is 1. The molecule has 0 bridgehead atoms. The van der Waals surface area contributed by atoms with Crippen LogP contribution in [-0.2, 0) is 9.47 Å². The van der Waals surface area contributed by atoms with Gasteiger partial charge in [-0.2, -0.15) is 0 Å². The van der Waals surface area contributed by atoms with Crippen LogP contribution in [-0.4, -0.2) is 25.8 Å². The summed E-state index contributed by atoms with van der Waals surface area (Å²) in [7, 11) is 0. The monoisotopic (exact) mass is 257 g/mol. The molecular weight excluding hydrogens is 242 g/mol. The molecule has 17 heavy (non-hydrogen) atoms. The van der Waals surface area contributed by atoms with Crippen molar-refractivity contribution < 1.29 is 14.3 Å². The number of anilines is 1. The standard InChI is InChI=1S/C12H16ClNO3/c1-2-6-16-7-8-17-12(15)9-4-3-5-10(14)11(9)13/h3-5H,2,6-8,14H2,1H3. The molecule has 1 aromatic carbocycles. The molecule has 2 N–H and O–H groups in total. The topological polar surface area (TPSA) is 61.5 Å². The van der Waals surface area contributed by atoms with Crippen molar-refractivity contribution in [3.05, 3.63) is 28.8 Å². The number of hydrogen-bond donors (Lipinski definition) is 1. The molecule has 0 aliphatic heterocycles. The van der Waals surface area contributed by atoms with E-state index in [2.05, 4.69) is 0 Å². The van der Waals surface area contributed by atoms with Crippen molar-refractivity contribution in [1.29, 1.82) is 0 Å². The Kier molecular flexibility index (Phi) is 5.80. The van der Waals surface area contributed by atoms with Crippen molar-refractivity contribution in [1.82, 2.24) is 0 Å². The van der Waals surface area contributed by atoms with Crippen LogP contribution >= 0.6 is 11.6 Å². The molecule has 94 valence electrons. The van der Waals surface area contributed by atoms with E-state index in [-0.39, 0.29) is 17.2 Å². The summed E-state index contributed by atoms with van der Waals surface area (Å²) in [6.45, 7) is 3.28. The van der Waals surface area contributed by atoms with E-state index in [0.29, 0.717) is 18.9 Å². The van der Waals surface area contributed by atoms with Crippen LogP contribution in [0.3, 0.4) is 0 Å². The first-order valence-corrected chi connectivity index (χ1v) is 5.83. The van der Waals surface area contributed by atoms with Gasteiger partial charge in [0.2, 0.25) is 0 Å². The molecule has 1 rings (SSSR count). The van der Waals surface area contributed by atoms with Crippen molar-refractivity contribution >= 4 is 23.3 Å². The Morgan fingerprint density at radius 1 is 1.35 bits per heavy atom. The quantitative estimate of drug-likeness (QED) is 0.483. The van der Waals surface area contributed by atoms with Crippen LogP contribution in [0.25, 0.3) is 0 Å². The summed E-state index contributed by atoms with van der Waals surface area (Å²) in [6, 6.07) is 4.86. The molecule has 0 aromatic heterocycles. The van der Waals surface area contributed by atoms with Crippen molar-refractivity contribution in [2.45, 2.75) is 13.3 Å². The van der Waals surface area contributed by atoms with Crippen molar-refractivity contribution in [2.75, 3.05) is 25.6 Å². The Hall–Kier alpha value is -1.26. The average Bonchev–Trinajstić information content (AvgIpc) is 2.32. The van der Waals surface area contributed by atoms with Crippen LogP contribution in [0.2, 0.25) is 5.02 Å². The molecular formula is C12H16ClNO3. The Balaban J connectivity index is 2.44. The number of esters is 1. The number of carbonyl (C=O) groups is 1. The van der Waals surface area contributed by atoms with Gasteiger partial charge < -0.3 is 15.2 Å². The maximum Gasteiger partial charge on any atom is 0.339 e. The number of ether oxygens (including phenoxy) is 2. The smallest absolute Gasteiger partial charge is 0.339 e. The van der Waals surface area contributed by atoms with Crippen LogP contribution in [0.1, 0.15) is 23.7 Å². The molecule has 0 aliphatic rings. The highest BCUT2D eigenvalue weighted by atomic mass is 35.5. The molecule has 0 fully saturated rings. The van der Waals surface area contributed by atoms with E-state index in [1.54, 1.807) is 18.2 Å². The number of carbonyl (C=O) groups excluding carboxylic acids is 1. The fraction of sp³-hybridized carbons (Fsp3) is 0.417. The van der Waals surface area contributed by atoms with Gasteiger partial charge in [0.15, 0.2) is 0 Å². The van der Waals surface area contributed by atoms with Gasteiger partial charge in [-0.1, -0.05) is 24.6 Å². The van der Waals surface area contributed by atoms with Crippen molar-refractivity contribution in [2.24, 2.45) is 0 Å². The summed E-state index contributed by atoms with van der Waals surface area (Å²) in [5, 5.41) is 0.229. The molecule has 0 atom stereocenters. The van der Waals surface area contributed by atoms with E-state index in [1.165, 1.54) is 0 Å². The lowest BCUT2D eigenvalue weighted by Gasteiger charge is -2.07. The first-order valence-electron chi connectivity index (χ1n) is 5.45. The zero-order chi connectivity index (χ0) is 12.7. The van der Waals surface area contributed by atoms with Crippen LogP contribution in [0.15, 0.2) is 18.2 Å². The summed E-state index contributed by atoms with van der Waals surface area (Å²) < 4.78 is 10.2. The van der Waals surface area contributed by atoms with E-state index in [0.717, 1.165) is 6.42 Å². The van der Waals surface area contributed by atoms with Crippen LogP contribution in [0.5, 0.6) is 0 Å². The lowest BCUT2D eigenvalue weighted by molar-refractivity contribution is 0.0319. The van der Waals surface area contributed by atoms with Gasteiger partial charge >= 0.3 is 5.97 Å².